The van der Waals surface area contributed by atoms with Crippen molar-refractivity contribution in [2.75, 3.05) is 0 Å². The zero-order valence-corrected chi connectivity index (χ0v) is 21.0. The van der Waals surface area contributed by atoms with Crippen LogP contribution in [-0.4, -0.2) is 35.5 Å². The standard InChI is InChI=1S/C29H20F2N6O3/c1-36-25-13-23(19-14-32-33-15-19)28(12-18(25)16-35-36)40-27-7-2-17(10-24(27)31)11-26(38)22-8-9-34-37(29(22)39)21-5-3-20(30)4-6-21/h2-10,12-16H,11H2,1H3,(H,32,33). The Kier molecular flexibility index (Phi) is 6.23. The first-order chi connectivity index (χ1) is 19.4. The number of fused-ring (bicyclic) bond motifs is 1. The molecule has 0 fully saturated rings. The van der Waals surface area contributed by atoms with Crippen molar-refractivity contribution in [2.24, 2.45) is 7.05 Å². The molecule has 9 nitrogen and oxygen atoms in total. The van der Waals surface area contributed by atoms with Gasteiger partial charge in [0.1, 0.15) is 11.6 Å². The van der Waals surface area contributed by atoms with Crippen molar-refractivity contribution in [3.63, 3.8) is 0 Å². The molecular formula is C29H20F2N6O3. The highest BCUT2D eigenvalue weighted by Crippen LogP contribution is 2.37. The van der Waals surface area contributed by atoms with Gasteiger partial charge in [-0.1, -0.05) is 6.07 Å². The second kappa shape index (κ2) is 10.0. The number of H-pyrrole nitrogens is 1. The van der Waals surface area contributed by atoms with Gasteiger partial charge in [0.15, 0.2) is 17.3 Å². The lowest BCUT2D eigenvalue weighted by Gasteiger charge is -2.13. The minimum Gasteiger partial charge on any atom is -0.454 e. The van der Waals surface area contributed by atoms with Gasteiger partial charge in [0, 0.05) is 42.4 Å². The Morgan fingerprint density at radius 1 is 0.975 bits per heavy atom. The highest BCUT2D eigenvalue weighted by Gasteiger charge is 2.18. The number of carbonyl (C=O) groups excluding carboxylic acids is 1. The summed E-state index contributed by atoms with van der Waals surface area (Å²) in [6.45, 7) is 0. The summed E-state index contributed by atoms with van der Waals surface area (Å²) < 4.78 is 37.2. The summed E-state index contributed by atoms with van der Waals surface area (Å²) in [6.07, 6.45) is 6.13. The molecule has 3 heterocycles. The Morgan fingerprint density at radius 2 is 1.80 bits per heavy atom. The fourth-order valence-corrected chi connectivity index (χ4v) is 4.41. The van der Waals surface area contributed by atoms with Gasteiger partial charge >= 0.3 is 0 Å². The number of rotatable bonds is 7. The molecule has 0 unspecified atom stereocenters. The topological polar surface area (TPSA) is 108 Å². The minimum absolute atomic E-state index is 0.0354. The van der Waals surface area contributed by atoms with Crippen molar-refractivity contribution in [3.8, 4) is 28.3 Å². The molecular weight excluding hydrogens is 518 g/mol. The van der Waals surface area contributed by atoms with E-state index in [9.17, 15) is 14.0 Å². The van der Waals surface area contributed by atoms with Gasteiger partial charge in [-0.05, 0) is 60.2 Å². The zero-order valence-electron chi connectivity index (χ0n) is 21.0. The second-order valence-corrected chi connectivity index (χ2v) is 9.07. The van der Waals surface area contributed by atoms with Crippen LogP contribution in [0.15, 0.2) is 90.2 Å². The van der Waals surface area contributed by atoms with E-state index in [-0.39, 0.29) is 17.7 Å². The predicted molar refractivity (Wildman–Crippen MR) is 143 cm³/mol. The summed E-state index contributed by atoms with van der Waals surface area (Å²) in [4.78, 5) is 25.9. The summed E-state index contributed by atoms with van der Waals surface area (Å²) in [5.74, 6) is -1.28. The van der Waals surface area contributed by atoms with E-state index in [1.54, 1.807) is 35.4 Å². The molecule has 3 aromatic heterocycles. The third-order valence-corrected chi connectivity index (χ3v) is 6.46. The van der Waals surface area contributed by atoms with Crippen LogP contribution >= 0.6 is 0 Å². The van der Waals surface area contributed by atoms with Crippen LogP contribution < -0.4 is 10.3 Å². The van der Waals surface area contributed by atoms with Crippen molar-refractivity contribution < 1.29 is 18.3 Å². The molecule has 0 bridgehead atoms. The smallest absolute Gasteiger partial charge is 0.282 e. The molecule has 0 radical (unpaired) electrons. The summed E-state index contributed by atoms with van der Waals surface area (Å²) >= 11 is 0. The maximum absolute atomic E-state index is 15.2. The Labute approximate surface area is 225 Å². The predicted octanol–water partition coefficient (Wildman–Crippen LogP) is 5.01. The van der Waals surface area contributed by atoms with Gasteiger partial charge in [0.05, 0.1) is 29.2 Å². The third-order valence-electron chi connectivity index (χ3n) is 6.46. The van der Waals surface area contributed by atoms with Gasteiger partial charge in [-0.3, -0.25) is 19.4 Å². The summed E-state index contributed by atoms with van der Waals surface area (Å²) in [5, 5.41) is 15.8. The van der Waals surface area contributed by atoms with Crippen molar-refractivity contribution in [1.82, 2.24) is 29.8 Å². The van der Waals surface area contributed by atoms with Gasteiger partial charge < -0.3 is 4.74 Å². The van der Waals surface area contributed by atoms with E-state index in [1.165, 1.54) is 48.7 Å². The first kappa shape index (κ1) is 24.9. The number of aryl methyl sites for hydroxylation is 1. The Hall–Kier alpha value is -5.45. The molecule has 0 aliphatic carbocycles. The lowest BCUT2D eigenvalue weighted by Crippen LogP contribution is -2.27. The SMILES string of the molecule is Cn1ncc2cc(Oc3ccc(CC(=O)c4ccnn(-c5ccc(F)cc5)c4=O)cc3F)c(-c3cn[nH]c3)cc21. The number of hydrogen-bond acceptors (Lipinski definition) is 6. The Balaban J connectivity index is 1.26. The number of ketones is 1. The fourth-order valence-electron chi connectivity index (χ4n) is 4.41. The molecule has 40 heavy (non-hydrogen) atoms. The molecule has 0 aliphatic rings. The van der Waals surface area contributed by atoms with Crippen molar-refractivity contribution in [1.29, 1.82) is 0 Å². The van der Waals surface area contributed by atoms with Crippen molar-refractivity contribution in [3.05, 3.63) is 119 Å². The lowest BCUT2D eigenvalue weighted by molar-refractivity contribution is 0.0991. The van der Waals surface area contributed by atoms with Crippen LogP contribution in [0.5, 0.6) is 11.5 Å². The number of hydrogen-bond donors (Lipinski definition) is 1. The van der Waals surface area contributed by atoms with Crippen LogP contribution in [0.1, 0.15) is 15.9 Å². The normalized spacial score (nSPS) is 11.2. The second-order valence-electron chi connectivity index (χ2n) is 9.07. The van der Waals surface area contributed by atoms with E-state index >= 15 is 4.39 Å². The molecule has 198 valence electrons. The van der Waals surface area contributed by atoms with Crippen LogP contribution in [-0.2, 0) is 13.5 Å². The van der Waals surface area contributed by atoms with E-state index in [2.05, 4.69) is 20.4 Å². The molecule has 0 amide bonds. The van der Waals surface area contributed by atoms with Crippen LogP contribution in [0, 0.1) is 11.6 Å². The average molecular weight is 539 g/mol. The van der Waals surface area contributed by atoms with E-state index in [0.29, 0.717) is 22.6 Å². The van der Waals surface area contributed by atoms with Gasteiger partial charge in [0.2, 0.25) is 0 Å². The van der Waals surface area contributed by atoms with E-state index < -0.39 is 23.0 Å². The zero-order chi connectivity index (χ0) is 27.8. The molecule has 6 aromatic rings. The largest absolute Gasteiger partial charge is 0.454 e. The Morgan fingerprint density at radius 3 is 2.55 bits per heavy atom. The molecule has 1 N–H and O–H groups in total. The average Bonchev–Trinajstić information content (AvgIpc) is 3.60. The minimum atomic E-state index is -0.673. The van der Waals surface area contributed by atoms with Crippen molar-refractivity contribution in [2.45, 2.75) is 6.42 Å². The van der Waals surface area contributed by atoms with Gasteiger partial charge in [0.25, 0.3) is 5.56 Å². The fraction of sp³-hybridized carbons (Fsp3) is 0.0690. The molecule has 0 saturated carbocycles. The lowest BCUT2D eigenvalue weighted by atomic mass is 10.0. The molecule has 0 spiro atoms. The highest BCUT2D eigenvalue weighted by molar-refractivity contribution is 5.97. The number of benzene rings is 3. The Bertz CT molecular complexity index is 1930. The van der Waals surface area contributed by atoms with Crippen LogP contribution in [0.25, 0.3) is 27.7 Å². The third kappa shape index (κ3) is 4.64. The number of Topliss-reactive ketones (excluding diaryl/α,β-unsaturated/α-hetero) is 1. The molecule has 3 aromatic carbocycles. The molecule has 0 atom stereocenters. The van der Waals surface area contributed by atoms with E-state index in [1.807, 2.05) is 13.1 Å². The maximum Gasteiger partial charge on any atom is 0.282 e. The van der Waals surface area contributed by atoms with Gasteiger partial charge in [-0.15, -0.1) is 0 Å². The van der Waals surface area contributed by atoms with Gasteiger partial charge in [-0.2, -0.15) is 20.0 Å². The number of aromatic nitrogens is 6. The highest BCUT2D eigenvalue weighted by atomic mass is 19.1. The van der Waals surface area contributed by atoms with Crippen LogP contribution in [0.2, 0.25) is 0 Å². The number of ether oxygens (including phenoxy) is 1. The number of nitrogens with one attached hydrogen (secondary N) is 1. The molecule has 0 saturated heterocycles. The summed E-state index contributed by atoms with van der Waals surface area (Å²) in [6, 6.07) is 14.3. The first-order valence-corrected chi connectivity index (χ1v) is 12.2. The number of halogens is 2. The van der Waals surface area contributed by atoms with E-state index in [4.69, 9.17) is 4.74 Å². The molecule has 0 aliphatic heterocycles. The number of aromatic amines is 1. The van der Waals surface area contributed by atoms with Crippen LogP contribution in [0.4, 0.5) is 8.78 Å². The monoisotopic (exact) mass is 538 g/mol. The quantitative estimate of drug-likeness (QED) is 0.287. The molecule has 6 rings (SSSR count). The summed E-state index contributed by atoms with van der Waals surface area (Å²) in [5.41, 5.74) is 2.21. The molecule has 11 heteroatoms. The van der Waals surface area contributed by atoms with Crippen LogP contribution in [0.3, 0.4) is 0 Å². The summed E-state index contributed by atoms with van der Waals surface area (Å²) in [7, 11) is 1.83. The van der Waals surface area contributed by atoms with Gasteiger partial charge in [-0.25, -0.2) is 8.78 Å². The number of nitrogens with zero attached hydrogens (tertiary/aromatic N) is 5. The number of carbonyl (C=O) groups is 1. The van der Waals surface area contributed by atoms with E-state index in [0.717, 1.165) is 21.1 Å². The first-order valence-electron chi connectivity index (χ1n) is 12.2. The maximum atomic E-state index is 15.2. The van der Waals surface area contributed by atoms with Crippen molar-refractivity contribution >= 4 is 16.7 Å².